The molecule has 2 heteroatoms. The average Bonchev–Trinajstić information content (AvgIpc) is 2.41. The third-order valence-corrected chi connectivity index (χ3v) is 3.54. The van der Waals surface area contributed by atoms with Crippen LogP contribution in [0.5, 0.6) is 5.75 Å². The van der Waals surface area contributed by atoms with E-state index in [2.05, 4.69) is 39.0 Å². The zero-order valence-electron chi connectivity index (χ0n) is 12.7. The lowest BCUT2D eigenvalue weighted by molar-refractivity contribution is 0.299. The molecule has 0 aromatic heterocycles. The highest BCUT2D eigenvalue weighted by atomic mass is 16.5. The molecule has 2 N–H and O–H groups in total. The first-order chi connectivity index (χ1) is 9.19. The lowest BCUT2D eigenvalue weighted by Crippen LogP contribution is -2.22. The van der Waals surface area contributed by atoms with E-state index in [-0.39, 0.29) is 6.04 Å². The van der Waals surface area contributed by atoms with Gasteiger partial charge in [0, 0.05) is 6.04 Å². The second kappa shape index (κ2) is 8.98. The Morgan fingerprint density at radius 3 is 2.63 bits per heavy atom. The van der Waals surface area contributed by atoms with Crippen LogP contribution in [-0.2, 0) is 6.42 Å². The van der Waals surface area contributed by atoms with Gasteiger partial charge in [-0.1, -0.05) is 51.3 Å². The number of ether oxygens (including phenoxy) is 1. The highest BCUT2D eigenvalue weighted by Crippen LogP contribution is 2.25. The average molecular weight is 263 g/mol. The Morgan fingerprint density at radius 2 is 1.95 bits per heavy atom. The maximum Gasteiger partial charge on any atom is 0.125 e. The molecule has 1 rings (SSSR count). The maximum absolute atomic E-state index is 6.06. The van der Waals surface area contributed by atoms with Crippen LogP contribution in [0.3, 0.4) is 0 Å². The third kappa shape index (κ3) is 5.65. The van der Waals surface area contributed by atoms with E-state index in [1.807, 2.05) is 0 Å². The molecular weight excluding hydrogens is 234 g/mol. The lowest BCUT2D eigenvalue weighted by atomic mass is 10.0. The molecule has 0 aliphatic carbocycles. The number of benzene rings is 1. The molecule has 1 aromatic carbocycles. The zero-order valence-corrected chi connectivity index (χ0v) is 12.7. The summed E-state index contributed by atoms with van der Waals surface area (Å²) in [6, 6.07) is 6.58. The molecule has 0 spiro atoms. The van der Waals surface area contributed by atoms with Gasteiger partial charge in [-0.3, -0.25) is 0 Å². The molecule has 0 heterocycles. The summed E-state index contributed by atoms with van der Waals surface area (Å²) in [6.45, 7) is 7.29. The van der Waals surface area contributed by atoms with Gasteiger partial charge in [0.15, 0.2) is 0 Å². The van der Waals surface area contributed by atoms with Gasteiger partial charge in [-0.05, 0) is 37.3 Å². The van der Waals surface area contributed by atoms with E-state index in [1.54, 1.807) is 0 Å². The van der Waals surface area contributed by atoms with E-state index in [0.717, 1.165) is 31.6 Å². The molecular formula is C17H29NO. The van der Waals surface area contributed by atoms with Gasteiger partial charge in [0.25, 0.3) is 0 Å². The second-order valence-corrected chi connectivity index (χ2v) is 5.34. The quantitative estimate of drug-likeness (QED) is 0.677. The molecule has 1 aromatic rings. The smallest absolute Gasteiger partial charge is 0.125 e. The number of hydrogen-bond acceptors (Lipinski definition) is 2. The Labute approximate surface area is 118 Å². The van der Waals surface area contributed by atoms with Crippen molar-refractivity contribution in [3.05, 3.63) is 29.3 Å². The number of para-hydroxylation sites is 1. The summed E-state index contributed by atoms with van der Waals surface area (Å²) < 4.78 is 6.00. The SMILES string of the molecule is CCCCCCOc1c(C)cccc1CC(N)CC. The minimum absolute atomic E-state index is 0.226. The number of unbranched alkanes of at least 4 members (excludes halogenated alkanes) is 3. The molecule has 0 amide bonds. The van der Waals surface area contributed by atoms with Crippen molar-refractivity contribution >= 4 is 0 Å². The number of nitrogens with two attached hydrogens (primary N) is 1. The predicted molar refractivity (Wildman–Crippen MR) is 82.8 cm³/mol. The molecule has 108 valence electrons. The fraction of sp³-hybridized carbons (Fsp3) is 0.647. The highest BCUT2D eigenvalue weighted by Gasteiger charge is 2.10. The summed E-state index contributed by atoms with van der Waals surface area (Å²) in [5.74, 6) is 1.06. The molecule has 0 aliphatic heterocycles. The summed E-state index contributed by atoms with van der Waals surface area (Å²) in [5.41, 5.74) is 8.54. The first kappa shape index (κ1) is 16.0. The van der Waals surface area contributed by atoms with Crippen LogP contribution in [0, 0.1) is 6.92 Å². The minimum atomic E-state index is 0.226. The summed E-state index contributed by atoms with van der Waals surface area (Å²) in [4.78, 5) is 0. The second-order valence-electron chi connectivity index (χ2n) is 5.34. The highest BCUT2D eigenvalue weighted by molar-refractivity contribution is 5.41. The van der Waals surface area contributed by atoms with Crippen LogP contribution in [0.15, 0.2) is 18.2 Å². The van der Waals surface area contributed by atoms with Crippen LogP contribution in [0.25, 0.3) is 0 Å². The maximum atomic E-state index is 6.06. The number of hydrogen-bond donors (Lipinski definition) is 1. The summed E-state index contributed by atoms with van der Waals surface area (Å²) in [6.07, 6.45) is 6.87. The zero-order chi connectivity index (χ0) is 14.1. The van der Waals surface area contributed by atoms with Crippen molar-refractivity contribution in [1.82, 2.24) is 0 Å². The van der Waals surface area contributed by atoms with Gasteiger partial charge in [-0.25, -0.2) is 0 Å². The molecule has 0 radical (unpaired) electrons. The van der Waals surface area contributed by atoms with Crippen LogP contribution in [0.2, 0.25) is 0 Å². The third-order valence-electron chi connectivity index (χ3n) is 3.54. The van der Waals surface area contributed by atoms with E-state index in [0.29, 0.717) is 0 Å². The topological polar surface area (TPSA) is 35.2 Å². The van der Waals surface area contributed by atoms with Crippen LogP contribution in [0.1, 0.15) is 57.1 Å². The van der Waals surface area contributed by atoms with Crippen molar-refractivity contribution in [2.75, 3.05) is 6.61 Å². The Hall–Kier alpha value is -1.02. The summed E-state index contributed by atoms with van der Waals surface area (Å²) >= 11 is 0. The van der Waals surface area contributed by atoms with Gasteiger partial charge < -0.3 is 10.5 Å². The van der Waals surface area contributed by atoms with E-state index in [9.17, 15) is 0 Å². The van der Waals surface area contributed by atoms with Crippen molar-refractivity contribution in [3.63, 3.8) is 0 Å². The molecule has 0 aliphatic rings. The molecule has 2 nitrogen and oxygen atoms in total. The van der Waals surface area contributed by atoms with Crippen LogP contribution in [0.4, 0.5) is 0 Å². The fourth-order valence-corrected chi connectivity index (χ4v) is 2.21. The Morgan fingerprint density at radius 1 is 1.16 bits per heavy atom. The molecule has 1 atom stereocenters. The van der Waals surface area contributed by atoms with Crippen LogP contribution >= 0.6 is 0 Å². The largest absolute Gasteiger partial charge is 0.493 e. The van der Waals surface area contributed by atoms with Gasteiger partial charge in [0.2, 0.25) is 0 Å². The molecule has 0 fully saturated rings. The van der Waals surface area contributed by atoms with E-state index < -0.39 is 0 Å². The number of aryl methyl sites for hydroxylation is 1. The standard InChI is InChI=1S/C17H29NO/c1-4-6-7-8-12-19-17-14(3)10-9-11-15(17)13-16(18)5-2/h9-11,16H,4-8,12-13,18H2,1-3H3. The van der Waals surface area contributed by atoms with Gasteiger partial charge in [-0.2, -0.15) is 0 Å². The fourth-order valence-electron chi connectivity index (χ4n) is 2.21. The van der Waals surface area contributed by atoms with Crippen molar-refractivity contribution < 1.29 is 4.74 Å². The van der Waals surface area contributed by atoms with E-state index >= 15 is 0 Å². The normalized spacial score (nSPS) is 12.4. The van der Waals surface area contributed by atoms with Crippen LogP contribution in [-0.4, -0.2) is 12.6 Å². The monoisotopic (exact) mass is 263 g/mol. The molecule has 0 saturated heterocycles. The van der Waals surface area contributed by atoms with Gasteiger partial charge in [0.05, 0.1) is 6.61 Å². The first-order valence-corrected chi connectivity index (χ1v) is 7.65. The minimum Gasteiger partial charge on any atom is -0.493 e. The Balaban J connectivity index is 2.59. The first-order valence-electron chi connectivity index (χ1n) is 7.65. The van der Waals surface area contributed by atoms with E-state index in [1.165, 1.54) is 30.4 Å². The van der Waals surface area contributed by atoms with Crippen LogP contribution < -0.4 is 10.5 Å². The number of rotatable bonds is 9. The Bertz CT molecular complexity index is 362. The summed E-state index contributed by atoms with van der Waals surface area (Å²) in [5, 5.41) is 0. The van der Waals surface area contributed by atoms with Gasteiger partial charge in [-0.15, -0.1) is 0 Å². The van der Waals surface area contributed by atoms with E-state index in [4.69, 9.17) is 10.5 Å². The molecule has 1 unspecified atom stereocenters. The molecule has 0 bridgehead atoms. The van der Waals surface area contributed by atoms with Crippen molar-refractivity contribution in [2.24, 2.45) is 5.73 Å². The molecule has 0 saturated carbocycles. The predicted octanol–water partition coefficient (Wildman–Crippen LogP) is 4.23. The van der Waals surface area contributed by atoms with Crippen molar-refractivity contribution in [2.45, 2.75) is 65.3 Å². The van der Waals surface area contributed by atoms with Crippen molar-refractivity contribution in [1.29, 1.82) is 0 Å². The molecule has 19 heavy (non-hydrogen) atoms. The van der Waals surface area contributed by atoms with Gasteiger partial charge in [0.1, 0.15) is 5.75 Å². The Kier molecular flexibility index (Phi) is 7.57. The summed E-state index contributed by atoms with van der Waals surface area (Å²) in [7, 11) is 0. The lowest BCUT2D eigenvalue weighted by Gasteiger charge is -2.16. The van der Waals surface area contributed by atoms with Crippen molar-refractivity contribution in [3.8, 4) is 5.75 Å². The van der Waals surface area contributed by atoms with Gasteiger partial charge >= 0.3 is 0 Å².